The number of pyridine rings is 1. The molecule has 4 nitrogen and oxygen atoms in total. The van der Waals surface area contributed by atoms with Crippen molar-refractivity contribution in [1.82, 2.24) is 4.98 Å². The van der Waals surface area contributed by atoms with Crippen LogP contribution in [0, 0.1) is 11.3 Å². The first-order valence-corrected chi connectivity index (χ1v) is 3.71. The molecule has 0 aliphatic rings. The smallest absolute Gasteiger partial charge is 0.284 e. The predicted molar refractivity (Wildman–Crippen MR) is 43.5 cm³/mol. The molecule has 0 bridgehead atoms. The molecule has 0 spiro atoms. The van der Waals surface area contributed by atoms with E-state index in [1.807, 2.05) is 0 Å². The van der Waals surface area contributed by atoms with Gasteiger partial charge < -0.3 is 10.8 Å². The number of alkyl halides is 2. The van der Waals surface area contributed by atoms with Crippen LogP contribution in [0.4, 0.5) is 8.78 Å². The van der Waals surface area contributed by atoms with E-state index in [1.54, 1.807) is 6.07 Å². The molecular formula is C8H7F2N3O. The molecule has 0 fully saturated rings. The summed E-state index contributed by atoms with van der Waals surface area (Å²) in [6.45, 7) is -0.122. The summed E-state index contributed by atoms with van der Waals surface area (Å²) in [6, 6.07) is 2.79. The summed E-state index contributed by atoms with van der Waals surface area (Å²) in [6.07, 6.45) is -2.92. The van der Waals surface area contributed by atoms with E-state index in [9.17, 15) is 13.9 Å². The Hall–Kier alpha value is -1.74. The van der Waals surface area contributed by atoms with E-state index in [4.69, 9.17) is 11.0 Å². The van der Waals surface area contributed by atoms with Crippen LogP contribution in [0.2, 0.25) is 0 Å². The number of nitrogens with two attached hydrogens (primary N) is 1. The fourth-order valence-corrected chi connectivity index (χ4v) is 0.978. The molecule has 0 aromatic carbocycles. The van der Waals surface area contributed by atoms with E-state index in [0.717, 1.165) is 0 Å². The van der Waals surface area contributed by atoms with Gasteiger partial charge in [-0.3, -0.25) is 0 Å². The second-order valence-corrected chi connectivity index (χ2v) is 2.52. The van der Waals surface area contributed by atoms with E-state index in [-0.39, 0.29) is 17.8 Å². The highest BCUT2D eigenvalue weighted by atomic mass is 19.3. The first-order valence-electron chi connectivity index (χ1n) is 3.71. The Morgan fingerprint density at radius 3 is 2.71 bits per heavy atom. The quantitative estimate of drug-likeness (QED) is 0.745. The number of aromatic nitrogens is 1. The topological polar surface area (TPSA) is 82.9 Å². The number of hydrogen-bond donors (Lipinski definition) is 2. The zero-order chi connectivity index (χ0) is 10.7. The largest absolute Gasteiger partial charge is 0.505 e. The molecule has 14 heavy (non-hydrogen) atoms. The molecule has 0 radical (unpaired) electrons. The Morgan fingerprint density at radius 2 is 2.29 bits per heavy atom. The fourth-order valence-electron chi connectivity index (χ4n) is 0.978. The minimum atomic E-state index is -2.92. The lowest BCUT2D eigenvalue weighted by atomic mass is 10.1. The lowest BCUT2D eigenvalue weighted by molar-refractivity contribution is 0.141. The van der Waals surface area contributed by atoms with Crippen molar-refractivity contribution in [3.63, 3.8) is 0 Å². The van der Waals surface area contributed by atoms with Gasteiger partial charge in [-0.2, -0.15) is 5.26 Å². The Morgan fingerprint density at radius 1 is 1.64 bits per heavy atom. The molecule has 0 aliphatic heterocycles. The predicted octanol–water partition coefficient (Wildman–Crippen LogP) is 1.06. The Bertz CT molecular complexity index is 387. The normalized spacial score (nSPS) is 10.2. The SMILES string of the molecule is N#Cc1cc(CN)c(O)c(C(F)F)n1. The van der Waals surface area contributed by atoms with Crippen LogP contribution in [0.25, 0.3) is 0 Å². The molecule has 1 heterocycles. The standard InChI is InChI=1S/C8H7F2N3O/c9-8(10)6-7(14)4(2-11)1-5(3-12)13-6/h1,8,14H,2,11H2. The molecule has 0 unspecified atom stereocenters. The van der Waals surface area contributed by atoms with E-state index in [2.05, 4.69) is 4.98 Å². The van der Waals surface area contributed by atoms with Crippen molar-refractivity contribution < 1.29 is 13.9 Å². The minimum Gasteiger partial charge on any atom is -0.505 e. The maximum absolute atomic E-state index is 12.3. The second-order valence-electron chi connectivity index (χ2n) is 2.52. The highest BCUT2D eigenvalue weighted by molar-refractivity contribution is 5.41. The van der Waals surface area contributed by atoms with Gasteiger partial charge in [0, 0.05) is 12.1 Å². The van der Waals surface area contributed by atoms with Crippen LogP contribution in [-0.4, -0.2) is 10.1 Å². The number of halogens is 2. The molecule has 1 aromatic heterocycles. The number of hydrogen-bond acceptors (Lipinski definition) is 4. The molecule has 1 aromatic rings. The van der Waals surface area contributed by atoms with Crippen LogP contribution in [0.3, 0.4) is 0 Å². The summed E-state index contributed by atoms with van der Waals surface area (Å²) in [4.78, 5) is 3.28. The van der Waals surface area contributed by atoms with Crippen molar-refractivity contribution in [3.05, 3.63) is 23.0 Å². The highest BCUT2D eigenvalue weighted by Crippen LogP contribution is 2.29. The van der Waals surface area contributed by atoms with Gasteiger partial charge in [-0.05, 0) is 6.07 Å². The zero-order valence-corrected chi connectivity index (χ0v) is 7.04. The highest BCUT2D eigenvalue weighted by Gasteiger charge is 2.18. The van der Waals surface area contributed by atoms with E-state index in [1.165, 1.54) is 6.07 Å². The Balaban J connectivity index is 3.36. The Labute approximate surface area is 78.6 Å². The summed E-state index contributed by atoms with van der Waals surface area (Å²) in [5, 5.41) is 17.7. The lowest BCUT2D eigenvalue weighted by Gasteiger charge is -2.06. The van der Waals surface area contributed by atoms with Crippen molar-refractivity contribution in [2.75, 3.05) is 0 Å². The van der Waals surface area contributed by atoms with E-state index < -0.39 is 17.9 Å². The summed E-state index contributed by atoms with van der Waals surface area (Å²) in [7, 11) is 0. The second kappa shape index (κ2) is 3.98. The average molecular weight is 199 g/mol. The van der Waals surface area contributed by atoms with Gasteiger partial charge in [-0.15, -0.1) is 0 Å². The van der Waals surface area contributed by atoms with Crippen molar-refractivity contribution in [2.45, 2.75) is 13.0 Å². The maximum atomic E-state index is 12.3. The number of rotatable bonds is 2. The van der Waals surface area contributed by atoms with Crippen molar-refractivity contribution >= 4 is 0 Å². The van der Waals surface area contributed by atoms with Crippen molar-refractivity contribution in [1.29, 1.82) is 5.26 Å². The third-order valence-corrected chi connectivity index (χ3v) is 1.64. The molecule has 0 saturated heterocycles. The van der Waals surface area contributed by atoms with Crippen molar-refractivity contribution in [2.24, 2.45) is 5.73 Å². The average Bonchev–Trinajstić information content (AvgIpc) is 2.17. The van der Waals surface area contributed by atoms with Gasteiger partial charge in [0.05, 0.1) is 0 Å². The molecule has 0 saturated carbocycles. The van der Waals surface area contributed by atoms with Crippen molar-refractivity contribution in [3.8, 4) is 11.8 Å². The first-order chi connectivity index (χ1) is 6.60. The minimum absolute atomic E-state index is 0.0897. The van der Waals surface area contributed by atoms with E-state index >= 15 is 0 Å². The third-order valence-electron chi connectivity index (χ3n) is 1.64. The monoisotopic (exact) mass is 199 g/mol. The van der Waals surface area contributed by atoms with Gasteiger partial charge in [0.2, 0.25) is 0 Å². The molecular weight excluding hydrogens is 192 g/mol. The summed E-state index contributed by atoms with van der Waals surface area (Å²) in [5.74, 6) is -0.637. The molecule has 1 rings (SSSR count). The molecule has 0 atom stereocenters. The molecule has 0 amide bonds. The van der Waals surface area contributed by atoms with Crippen LogP contribution in [0.5, 0.6) is 5.75 Å². The summed E-state index contributed by atoms with van der Waals surface area (Å²) in [5.41, 5.74) is 4.31. The summed E-state index contributed by atoms with van der Waals surface area (Å²) >= 11 is 0. The van der Waals surface area contributed by atoms with Crippen LogP contribution in [0.15, 0.2) is 6.07 Å². The maximum Gasteiger partial charge on any atom is 0.284 e. The van der Waals surface area contributed by atoms with Crippen LogP contribution >= 0.6 is 0 Å². The van der Waals surface area contributed by atoms with Gasteiger partial charge in [0.15, 0.2) is 0 Å². The van der Waals surface area contributed by atoms with Gasteiger partial charge in [0.1, 0.15) is 23.2 Å². The Kier molecular flexibility index (Phi) is 2.94. The van der Waals surface area contributed by atoms with Gasteiger partial charge >= 0.3 is 0 Å². The fraction of sp³-hybridized carbons (Fsp3) is 0.250. The van der Waals surface area contributed by atoms with Crippen LogP contribution < -0.4 is 5.73 Å². The number of nitrogens with zero attached hydrogens (tertiary/aromatic N) is 2. The van der Waals surface area contributed by atoms with E-state index in [0.29, 0.717) is 0 Å². The third kappa shape index (κ3) is 1.78. The number of nitriles is 1. The van der Waals surface area contributed by atoms with Gasteiger partial charge in [-0.1, -0.05) is 0 Å². The lowest BCUT2D eigenvalue weighted by Crippen LogP contribution is -2.03. The summed E-state index contributed by atoms with van der Waals surface area (Å²) < 4.78 is 24.6. The van der Waals surface area contributed by atoms with Gasteiger partial charge in [-0.25, -0.2) is 13.8 Å². The number of aromatic hydroxyl groups is 1. The van der Waals surface area contributed by atoms with Gasteiger partial charge in [0.25, 0.3) is 6.43 Å². The molecule has 74 valence electrons. The molecule has 6 heteroatoms. The zero-order valence-electron chi connectivity index (χ0n) is 7.04. The molecule has 3 N–H and O–H groups in total. The van der Waals surface area contributed by atoms with Crippen LogP contribution in [-0.2, 0) is 6.54 Å². The molecule has 0 aliphatic carbocycles. The first kappa shape index (κ1) is 10.3. The van der Waals surface area contributed by atoms with Crippen LogP contribution in [0.1, 0.15) is 23.4 Å².